The zero-order valence-electron chi connectivity index (χ0n) is 14.1. The van der Waals surface area contributed by atoms with Crippen molar-refractivity contribution in [1.29, 1.82) is 0 Å². The number of carbonyl (C=O) groups is 2. The van der Waals surface area contributed by atoms with E-state index in [-0.39, 0.29) is 5.78 Å². The molecule has 0 aliphatic carbocycles. The summed E-state index contributed by atoms with van der Waals surface area (Å²) in [5, 5.41) is 0. The minimum Gasteiger partial charge on any atom is -0.446 e. The molecule has 0 amide bonds. The Hall–Kier alpha value is -3.46. The van der Waals surface area contributed by atoms with Crippen LogP contribution in [0.15, 0.2) is 97.1 Å². The molecule has 0 N–H and O–H groups in total. The number of carbonyl (C=O) groups excluding carboxylic acids is 2. The average molecular weight is 342 g/mol. The van der Waals surface area contributed by atoms with Crippen LogP contribution in [0.3, 0.4) is 0 Å². The predicted octanol–water partition coefficient (Wildman–Crippen LogP) is 4.87. The van der Waals surface area contributed by atoms with Crippen molar-refractivity contribution in [2.45, 2.75) is 6.10 Å². The summed E-state index contributed by atoms with van der Waals surface area (Å²) < 4.78 is 5.50. The monoisotopic (exact) mass is 342 g/mol. The van der Waals surface area contributed by atoms with Crippen LogP contribution in [0.4, 0.5) is 0 Å². The van der Waals surface area contributed by atoms with Gasteiger partial charge in [-0.3, -0.25) is 4.79 Å². The van der Waals surface area contributed by atoms with Crippen LogP contribution in [0.25, 0.3) is 6.08 Å². The van der Waals surface area contributed by atoms with Crippen LogP contribution < -0.4 is 0 Å². The van der Waals surface area contributed by atoms with Crippen molar-refractivity contribution in [2.75, 3.05) is 0 Å². The van der Waals surface area contributed by atoms with E-state index in [1.54, 1.807) is 42.5 Å². The Labute approximate surface area is 152 Å². The van der Waals surface area contributed by atoms with Crippen molar-refractivity contribution in [3.63, 3.8) is 0 Å². The fraction of sp³-hybridized carbons (Fsp3) is 0.0435. The molecule has 0 bridgehead atoms. The first-order valence-corrected chi connectivity index (χ1v) is 8.32. The highest BCUT2D eigenvalue weighted by Gasteiger charge is 2.25. The minimum absolute atomic E-state index is 0.252. The molecule has 0 aromatic heterocycles. The first kappa shape index (κ1) is 17.4. The van der Waals surface area contributed by atoms with E-state index in [1.165, 1.54) is 6.08 Å². The van der Waals surface area contributed by atoms with Gasteiger partial charge >= 0.3 is 5.97 Å². The van der Waals surface area contributed by atoms with Crippen molar-refractivity contribution in [2.24, 2.45) is 0 Å². The third-order valence-electron chi connectivity index (χ3n) is 3.84. The van der Waals surface area contributed by atoms with Crippen molar-refractivity contribution in [3.05, 3.63) is 114 Å². The molecule has 0 fully saturated rings. The van der Waals surface area contributed by atoms with Crippen LogP contribution in [0.5, 0.6) is 0 Å². The molecule has 3 rings (SSSR count). The Kier molecular flexibility index (Phi) is 5.73. The molecule has 0 heterocycles. The largest absolute Gasteiger partial charge is 0.446 e. The highest BCUT2D eigenvalue weighted by Crippen LogP contribution is 2.23. The molecule has 0 saturated heterocycles. The summed E-state index contributed by atoms with van der Waals surface area (Å²) in [6, 6.07) is 27.3. The van der Waals surface area contributed by atoms with Crippen molar-refractivity contribution in [3.8, 4) is 0 Å². The zero-order valence-corrected chi connectivity index (χ0v) is 14.1. The summed E-state index contributed by atoms with van der Waals surface area (Å²) in [5.74, 6) is -0.815. The van der Waals surface area contributed by atoms with Gasteiger partial charge in [0.2, 0.25) is 5.78 Å². The zero-order chi connectivity index (χ0) is 18.2. The van der Waals surface area contributed by atoms with Gasteiger partial charge in [-0.25, -0.2) is 4.79 Å². The summed E-state index contributed by atoms with van der Waals surface area (Å²) in [6.07, 6.45) is 2.02. The quantitative estimate of drug-likeness (QED) is 0.365. The maximum atomic E-state index is 12.9. The van der Waals surface area contributed by atoms with Crippen molar-refractivity contribution in [1.82, 2.24) is 0 Å². The maximum Gasteiger partial charge on any atom is 0.331 e. The van der Waals surface area contributed by atoms with E-state index in [0.29, 0.717) is 11.1 Å². The SMILES string of the molecule is O=C(/C=C/c1ccccc1)OC(C(=O)c1ccccc1)c1ccccc1. The van der Waals surface area contributed by atoms with Crippen molar-refractivity contribution < 1.29 is 14.3 Å². The van der Waals surface area contributed by atoms with E-state index in [0.717, 1.165) is 5.56 Å². The summed E-state index contributed by atoms with van der Waals surface area (Å²) in [5.41, 5.74) is 2.03. The van der Waals surface area contributed by atoms with E-state index < -0.39 is 12.1 Å². The first-order valence-electron chi connectivity index (χ1n) is 8.32. The Morgan fingerprint density at radius 1 is 0.731 bits per heavy atom. The van der Waals surface area contributed by atoms with E-state index in [1.807, 2.05) is 54.6 Å². The van der Waals surface area contributed by atoms with E-state index in [4.69, 9.17) is 4.74 Å². The second-order valence-corrected chi connectivity index (χ2v) is 5.70. The van der Waals surface area contributed by atoms with Gasteiger partial charge in [0, 0.05) is 17.2 Å². The van der Waals surface area contributed by atoms with E-state index >= 15 is 0 Å². The number of benzene rings is 3. The first-order chi connectivity index (χ1) is 12.7. The Bertz CT molecular complexity index is 885. The molecule has 3 aromatic rings. The Morgan fingerprint density at radius 3 is 1.88 bits per heavy atom. The second-order valence-electron chi connectivity index (χ2n) is 5.70. The van der Waals surface area contributed by atoms with Crippen LogP contribution in [0.2, 0.25) is 0 Å². The lowest BCUT2D eigenvalue weighted by atomic mass is 10.00. The highest BCUT2D eigenvalue weighted by molar-refractivity contribution is 6.01. The molecule has 1 atom stereocenters. The van der Waals surface area contributed by atoms with Crippen LogP contribution in [-0.2, 0) is 9.53 Å². The number of Topliss-reactive ketones (excluding diaryl/α,β-unsaturated/α-hetero) is 1. The van der Waals surface area contributed by atoms with Gasteiger partial charge in [-0.2, -0.15) is 0 Å². The lowest BCUT2D eigenvalue weighted by molar-refractivity contribution is -0.141. The molecular formula is C23H18O3. The molecule has 0 spiro atoms. The number of hydrogen-bond donors (Lipinski definition) is 0. The molecule has 3 heteroatoms. The second kappa shape index (κ2) is 8.58. The van der Waals surface area contributed by atoms with Crippen LogP contribution in [0, 0.1) is 0 Å². The Morgan fingerprint density at radius 2 is 1.27 bits per heavy atom. The molecule has 1 unspecified atom stereocenters. The van der Waals surface area contributed by atoms with Crippen molar-refractivity contribution >= 4 is 17.8 Å². The summed E-state index contributed by atoms with van der Waals surface area (Å²) in [7, 11) is 0. The number of esters is 1. The molecular weight excluding hydrogens is 324 g/mol. The predicted molar refractivity (Wildman–Crippen MR) is 102 cm³/mol. The van der Waals surface area contributed by atoms with Gasteiger partial charge < -0.3 is 4.74 Å². The molecule has 0 aliphatic heterocycles. The van der Waals surface area contributed by atoms with Gasteiger partial charge in [0.25, 0.3) is 0 Å². The summed E-state index contributed by atoms with van der Waals surface area (Å²) in [4.78, 5) is 25.1. The molecule has 3 nitrogen and oxygen atoms in total. The summed E-state index contributed by atoms with van der Waals surface area (Å²) in [6.45, 7) is 0. The minimum atomic E-state index is -0.980. The van der Waals surface area contributed by atoms with Gasteiger partial charge in [-0.1, -0.05) is 91.0 Å². The van der Waals surface area contributed by atoms with Crippen LogP contribution in [0.1, 0.15) is 27.6 Å². The standard InChI is InChI=1S/C23H18O3/c24-21(17-16-18-10-4-1-5-11-18)26-23(20-14-8-3-9-15-20)22(25)19-12-6-2-7-13-19/h1-17,23H/b17-16+. The smallest absolute Gasteiger partial charge is 0.331 e. The molecule has 26 heavy (non-hydrogen) atoms. The fourth-order valence-electron chi connectivity index (χ4n) is 2.54. The normalized spacial score (nSPS) is 11.8. The summed E-state index contributed by atoms with van der Waals surface area (Å²) >= 11 is 0. The van der Waals surface area contributed by atoms with Crippen LogP contribution in [-0.4, -0.2) is 11.8 Å². The molecule has 3 aromatic carbocycles. The van der Waals surface area contributed by atoms with Gasteiger partial charge in [0.1, 0.15) is 0 Å². The topological polar surface area (TPSA) is 43.4 Å². The fourth-order valence-corrected chi connectivity index (χ4v) is 2.54. The highest BCUT2D eigenvalue weighted by atomic mass is 16.5. The number of rotatable bonds is 6. The van der Waals surface area contributed by atoms with Crippen LogP contribution >= 0.6 is 0 Å². The number of hydrogen-bond acceptors (Lipinski definition) is 3. The van der Waals surface area contributed by atoms with Gasteiger partial charge in [-0.05, 0) is 11.6 Å². The third-order valence-corrected chi connectivity index (χ3v) is 3.84. The lowest BCUT2D eigenvalue weighted by Gasteiger charge is -2.16. The van der Waals surface area contributed by atoms with Gasteiger partial charge in [0.05, 0.1) is 0 Å². The van der Waals surface area contributed by atoms with E-state index in [2.05, 4.69) is 0 Å². The van der Waals surface area contributed by atoms with E-state index in [9.17, 15) is 9.59 Å². The molecule has 128 valence electrons. The average Bonchev–Trinajstić information content (AvgIpc) is 2.72. The maximum absolute atomic E-state index is 12.9. The molecule has 0 saturated carbocycles. The number of ether oxygens (including phenoxy) is 1. The lowest BCUT2D eigenvalue weighted by Crippen LogP contribution is -2.19. The van der Waals surface area contributed by atoms with Gasteiger partial charge in [0.15, 0.2) is 6.10 Å². The number of ketones is 1. The third kappa shape index (κ3) is 4.54. The van der Waals surface area contributed by atoms with Gasteiger partial charge in [-0.15, -0.1) is 0 Å². The Balaban J connectivity index is 1.81. The molecule has 0 radical (unpaired) electrons. The molecule has 0 aliphatic rings.